The van der Waals surface area contributed by atoms with Gasteiger partial charge in [0.15, 0.2) is 0 Å². The third-order valence-corrected chi connectivity index (χ3v) is 4.15. The van der Waals surface area contributed by atoms with E-state index in [0.29, 0.717) is 5.56 Å². The van der Waals surface area contributed by atoms with E-state index >= 15 is 0 Å². The molecule has 0 aliphatic heterocycles. The van der Waals surface area contributed by atoms with Gasteiger partial charge in [0.1, 0.15) is 5.75 Å². The highest BCUT2D eigenvalue weighted by atomic mass is 16.5. The third kappa shape index (κ3) is 3.83. The second-order valence-corrected chi connectivity index (χ2v) is 5.97. The van der Waals surface area contributed by atoms with Gasteiger partial charge in [0, 0.05) is 22.6 Å². The van der Waals surface area contributed by atoms with E-state index in [-0.39, 0.29) is 5.91 Å². The molecule has 0 fully saturated rings. The van der Waals surface area contributed by atoms with E-state index in [1.807, 2.05) is 36.4 Å². The largest absolute Gasteiger partial charge is 0.497 e. The van der Waals surface area contributed by atoms with E-state index in [1.54, 1.807) is 25.5 Å². The Morgan fingerprint density at radius 2 is 1.58 bits per heavy atom. The van der Waals surface area contributed by atoms with Crippen molar-refractivity contribution in [2.24, 2.45) is 5.10 Å². The summed E-state index contributed by atoms with van der Waals surface area (Å²) in [5.74, 6) is 0.529. The van der Waals surface area contributed by atoms with Crippen LogP contribution < -0.4 is 10.2 Å². The molecule has 0 atom stereocenters. The van der Waals surface area contributed by atoms with Crippen molar-refractivity contribution in [3.8, 4) is 11.4 Å². The second-order valence-electron chi connectivity index (χ2n) is 5.97. The average Bonchev–Trinajstić information content (AvgIpc) is 3.00. The molecule has 1 heterocycles. The molecule has 0 saturated heterocycles. The lowest BCUT2D eigenvalue weighted by Crippen LogP contribution is -2.17. The summed E-state index contributed by atoms with van der Waals surface area (Å²) in [6.45, 7) is 4.11. The van der Waals surface area contributed by atoms with Crippen LogP contribution in [0.2, 0.25) is 0 Å². The van der Waals surface area contributed by atoms with E-state index in [9.17, 15) is 4.79 Å². The van der Waals surface area contributed by atoms with Gasteiger partial charge >= 0.3 is 0 Å². The van der Waals surface area contributed by atoms with Crippen molar-refractivity contribution in [3.05, 3.63) is 83.2 Å². The summed E-state index contributed by atoms with van der Waals surface area (Å²) in [7, 11) is 1.62. The number of carbonyl (C=O) groups excluding carboxylic acids is 1. The van der Waals surface area contributed by atoms with Gasteiger partial charge in [-0.3, -0.25) is 4.79 Å². The lowest BCUT2D eigenvalue weighted by atomic mass is 10.2. The van der Waals surface area contributed by atoms with Crippen LogP contribution in [0.4, 0.5) is 0 Å². The normalized spacial score (nSPS) is 10.9. The van der Waals surface area contributed by atoms with E-state index in [2.05, 4.69) is 41.1 Å². The summed E-state index contributed by atoms with van der Waals surface area (Å²) >= 11 is 0. The monoisotopic (exact) mass is 347 g/mol. The molecule has 3 aromatic rings. The Labute approximate surface area is 152 Å². The SMILES string of the molecule is COc1ccc(/C=N\NC(=O)c2ccc(-n3c(C)ccc3C)cc2)cc1. The predicted molar refractivity (Wildman–Crippen MR) is 103 cm³/mol. The number of rotatable bonds is 5. The van der Waals surface area contributed by atoms with Crippen molar-refractivity contribution in [1.29, 1.82) is 0 Å². The Balaban J connectivity index is 1.65. The van der Waals surface area contributed by atoms with E-state index in [4.69, 9.17) is 4.74 Å². The first-order valence-electron chi connectivity index (χ1n) is 8.31. The maximum absolute atomic E-state index is 12.2. The minimum atomic E-state index is -0.248. The molecule has 0 aliphatic carbocycles. The molecule has 3 rings (SSSR count). The number of hydrazone groups is 1. The van der Waals surface area contributed by atoms with Gasteiger partial charge in [0.2, 0.25) is 0 Å². The molecule has 0 radical (unpaired) electrons. The zero-order valence-electron chi connectivity index (χ0n) is 15.1. The molecule has 0 unspecified atom stereocenters. The standard InChI is InChI=1S/C21H21N3O2/c1-15-4-5-16(2)24(15)19-10-8-18(9-11-19)21(25)23-22-14-17-6-12-20(26-3)13-7-17/h4-14H,1-3H3,(H,23,25)/b22-14-. The van der Waals surface area contributed by atoms with Crippen LogP contribution in [-0.4, -0.2) is 23.8 Å². The fourth-order valence-corrected chi connectivity index (χ4v) is 2.76. The van der Waals surface area contributed by atoms with Crippen molar-refractivity contribution in [2.45, 2.75) is 13.8 Å². The van der Waals surface area contributed by atoms with Gasteiger partial charge < -0.3 is 9.30 Å². The maximum atomic E-state index is 12.2. The van der Waals surface area contributed by atoms with Crippen LogP contribution in [0.1, 0.15) is 27.3 Å². The average molecular weight is 347 g/mol. The summed E-state index contributed by atoms with van der Waals surface area (Å²) in [5.41, 5.74) is 7.32. The molecule has 5 heteroatoms. The minimum Gasteiger partial charge on any atom is -0.497 e. The quantitative estimate of drug-likeness (QED) is 0.563. The Morgan fingerprint density at radius 3 is 2.15 bits per heavy atom. The van der Waals surface area contributed by atoms with Crippen LogP contribution in [0.25, 0.3) is 5.69 Å². The second kappa shape index (κ2) is 7.70. The van der Waals surface area contributed by atoms with Gasteiger partial charge in [-0.15, -0.1) is 0 Å². The first-order chi connectivity index (χ1) is 12.6. The molecule has 132 valence electrons. The van der Waals surface area contributed by atoms with Gasteiger partial charge in [0.25, 0.3) is 5.91 Å². The zero-order valence-corrected chi connectivity index (χ0v) is 15.1. The molecule has 0 bridgehead atoms. The number of amides is 1. The summed E-state index contributed by atoms with van der Waals surface area (Å²) in [6, 6.07) is 19.0. The van der Waals surface area contributed by atoms with E-state index in [1.165, 1.54) is 0 Å². The van der Waals surface area contributed by atoms with Gasteiger partial charge in [-0.25, -0.2) is 5.43 Å². The highest BCUT2D eigenvalue weighted by molar-refractivity contribution is 5.95. The van der Waals surface area contributed by atoms with Crippen molar-refractivity contribution in [1.82, 2.24) is 9.99 Å². The number of methoxy groups -OCH3 is 1. The van der Waals surface area contributed by atoms with Gasteiger partial charge in [-0.05, 0) is 80.1 Å². The van der Waals surface area contributed by atoms with Crippen molar-refractivity contribution >= 4 is 12.1 Å². The molecule has 0 saturated carbocycles. The number of aryl methyl sites for hydroxylation is 2. The fraction of sp³-hybridized carbons (Fsp3) is 0.143. The highest BCUT2D eigenvalue weighted by Gasteiger charge is 2.07. The molecular weight excluding hydrogens is 326 g/mol. The maximum Gasteiger partial charge on any atom is 0.271 e. The molecule has 1 N–H and O–H groups in total. The van der Waals surface area contributed by atoms with Gasteiger partial charge in [-0.1, -0.05) is 0 Å². The highest BCUT2D eigenvalue weighted by Crippen LogP contribution is 2.17. The first kappa shape index (κ1) is 17.5. The van der Waals surface area contributed by atoms with Crippen molar-refractivity contribution in [2.75, 3.05) is 7.11 Å². The molecule has 1 aromatic heterocycles. The summed E-state index contributed by atoms with van der Waals surface area (Å²) < 4.78 is 7.25. The Kier molecular flexibility index (Phi) is 5.17. The number of carbonyl (C=O) groups is 1. The van der Waals surface area contributed by atoms with Crippen molar-refractivity contribution in [3.63, 3.8) is 0 Å². The van der Waals surface area contributed by atoms with Crippen LogP contribution in [0.5, 0.6) is 5.75 Å². The number of hydrogen-bond donors (Lipinski definition) is 1. The van der Waals surface area contributed by atoms with Crippen LogP contribution in [0, 0.1) is 13.8 Å². The number of benzene rings is 2. The lowest BCUT2D eigenvalue weighted by Gasteiger charge is -2.10. The lowest BCUT2D eigenvalue weighted by molar-refractivity contribution is 0.0955. The minimum absolute atomic E-state index is 0.248. The van der Waals surface area contributed by atoms with Crippen LogP contribution in [0.3, 0.4) is 0 Å². The molecule has 1 amide bonds. The van der Waals surface area contributed by atoms with Crippen LogP contribution in [0.15, 0.2) is 65.8 Å². The Hall–Kier alpha value is -3.34. The Morgan fingerprint density at radius 1 is 0.962 bits per heavy atom. The molecule has 26 heavy (non-hydrogen) atoms. The smallest absolute Gasteiger partial charge is 0.271 e. The predicted octanol–water partition coefficient (Wildman–Crippen LogP) is 3.87. The Bertz CT molecular complexity index is 903. The number of aromatic nitrogens is 1. The summed E-state index contributed by atoms with van der Waals surface area (Å²) in [6.07, 6.45) is 1.60. The molecule has 0 aliphatic rings. The molecular formula is C21H21N3O2. The molecule has 0 spiro atoms. The molecule has 2 aromatic carbocycles. The van der Waals surface area contributed by atoms with E-state index in [0.717, 1.165) is 28.4 Å². The molecule has 5 nitrogen and oxygen atoms in total. The van der Waals surface area contributed by atoms with Crippen LogP contribution >= 0.6 is 0 Å². The van der Waals surface area contributed by atoms with Crippen LogP contribution in [-0.2, 0) is 0 Å². The van der Waals surface area contributed by atoms with E-state index < -0.39 is 0 Å². The topological polar surface area (TPSA) is 55.6 Å². The number of nitrogens with one attached hydrogen (secondary N) is 1. The number of nitrogens with zero attached hydrogens (tertiary/aromatic N) is 2. The first-order valence-corrected chi connectivity index (χ1v) is 8.31. The third-order valence-electron chi connectivity index (χ3n) is 4.15. The number of hydrogen-bond acceptors (Lipinski definition) is 3. The fourth-order valence-electron chi connectivity index (χ4n) is 2.76. The van der Waals surface area contributed by atoms with Crippen molar-refractivity contribution < 1.29 is 9.53 Å². The van der Waals surface area contributed by atoms with Gasteiger partial charge in [-0.2, -0.15) is 5.10 Å². The summed E-state index contributed by atoms with van der Waals surface area (Å²) in [4.78, 5) is 12.2. The summed E-state index contributed by atoms with van der Waals surface area (Å²) in [5, 5.41) is 4.00. The number of ether oxygens (including phenoxy) is 1. The van der Waals surface area contributed by atoms with Gasteiger partial charge in [0.05, 0.1) is 13.3 Å². The zero-order chi connectivity index (χ0) is 18.5.